The van der Waals surface area contributed by atoms with Crippen molar-refractivity contribution in [2.24, 2.45) is 7.05 Å². The normalized spacial score (nSPS) is 12.9. The largest absolute Gasteiger partial charge is 0.298 e. The Morgan fingerprint density at radius 1 is 1.35 bits per heavy atom. The monoisotopic (exact) mass is 300 g/mol. The summed E-state index contributed by atoms with van der Waals surface area (Å²) in [6, 6.07) is 2.02. The van der Waals surface area contributed by atoms with Crippen LogP contribution in [0.3, 0.4) is 0 Å². The number of Topliss-reactive ketones (excluding diaryl/α,β-unsaturated/α-hetero) is 1. The van der Waals surface area contributed by atoms with Gasteiger partial charge in [0.1, 0.15) is 0 Å². The number of hydrogen-bond acceptors (Lipinski definition) is 2. The lowest BCUT2D eigenvalue weighted by Gasteiger charge is -2.14. The molecule has 0 saturated heterocycles. The van der Waals surface area contributed by atoms with Gasteiger partial charge in [0.25, 0.3) is 0 Å². The molecule has 1 heterocycles. The van der Waals surface area contributed by atoms with Gasteiger partial charge in [0.15, 0.2) is 5.78 Å². The van der Waals surface area contributed by atoms with Crippen LogP contribution < -0.4 is 0 Å². The zero-order valence-electron chi connectivity index (χ0n) is 11.5. The van der Waals surface area contributed by atoms with E-state index in [0.29, 0.717) is 6.42 Å². The van der Waals surface area contributed by atoms with E-state index >= 15 is 0 Å². The molecule has 1 rings (SSSR count). The molecule has 0 spiro atoms. The van der Waals surface area contributed by atoms with E-state index in [9.17, 15) is 4.79 Å². The Kier molecular flexibility index (Phi) is 3.87. The molecule has 17 heavy (non-hydrogen) atoms. The van der Waals surface area contributed by atoms with Crippen molar-refractivity contribution in [2.75, 3.05) is 0 Å². The first kappa shape index (κ1) is 14.4. The highest BCUT2D eigenvalue weighted by Gasteiger charge is 2.26. The molecule has 96 valence electrons. The van der Waals surface area contributed by atoms with Crippen molar-refractivity contribution in [3.63, 3.8) is 0 Å². The quantitative estimate of drug-likeness (QED) is 0.804. The summed E-state index contributed by atoms with van der Waals surface area (Å²) in [7, 11) is 1.89. The van der Waals surface area contributed by atoms with Crippen LogP contribution in [-0.4, -0.2) is 19.9 Å². The van der Waals surface area contributed by atoms with Crippen LogP contribution in [-0.2, 0) is 23.7 Å². The van der Waals surface area contributed by atoms with Crippen LogP contribution in [0.2, 0.25) is 0 Å². The third-order valence-electron chi connectivity index (χ3n) is 2.75. The second kappa shape index (κ2) is 4.56. The second-order valence-corrected chi connectivity index (χ2v) is 7.95. The number of hydrogen-bond donors (Lipinski definition) is 0. The highest BCUT2D eigenvalue weighted by molar-refractivity contribution is 9.10. The van der Waals surface area contributed by atoms with Gasteiger partial charge in [-0.3, -0.25) is 9.48 Å². The topological polar surface area (TPSA) is 34.9 Å². The first-order valence-corrected chi connectivity index (χ1v) is 6.56. The standard InChI is InChI=1S/C13H21BrN2O/c1-12(2,3)10-7-9(16(6)15-10)8-11(17)13(4,5)14/h7H,8H2,1-6H3. The van der Waals surface area contributed by atoms with Gasteiger partial charge in [-0.25, -0.2) is 0 Å². The number of aromatic nitrogens is 2. The average molecular weight is 301 g/mol. The smallest absolute Gasteiger partial charge is 0.154 e. The van der Waals surface area contributed by atoms with Gasteiger partial charge in [-0.2, -0.15) is 5.10 Å². The summed E-state index contributed by atoms with van der Waals surface area (Å²) in [5.74, 6) is 0.168. The van der Waals surface area contributed by atoms with Gasteiger partial charge in [0.05, 0.1) is 10.0 Å². The maximum Gasteiger partial charge on any atom is 0.154 e. The van der Waals surface area contributed by atoms with Crippen molar-refractivity contribution >= 4 is 21.7 Å². The van der Waals surface area contributed by atoms with Crippen LogP contribution >= 0.6 is 15.9 Å². The summed E-state index contributed by atoms with van der Waals surface area (Å²) in [4.78, 5) is 12.0. The SMILES string of the molecule is Cn1nc(C(C)(C)C)cc1CC(=O)C(C)(C)Br. The van der Waals surface area contributed by atoms with Gasteiger partial charge in [0, 0.05) is 24.6 Å². The molecule has 0 aliphatic heterocycles. The number of carbonyl (C=O) groups excluding carboxylic acids is 1. The molecule has 0 bridgehead atoms. The number of ketones is 1. The molecule has 1 aromatic heterocycles. The maximum absolute atomic E-state index is 12.0. The third kappa shape index (κ3) is 3.66. The third-order valence-corrected chi connectivity index (χ3v) is 3.19. The van der Waals surface area contributed by atoms with E-state index in [0.717, 1.165) is 11.4 Å². The van der Waals surface area contributed by atoms with Crippen molar-refractivity contribution in [2.45, 2.75) is 50.8 Å². The second-order valence-electron chi connectivity index (χ2n) is 5.97. The summed E-state index contributed by atoms with van der Waals surface area (Å²) in [6.45, 7) is 10.1. The molecule has 0 fully saturated rings. The fourth-order valence-electron chi connectivity index (χ4n) is 1.41. The van der Waals surface area contributed by atoms with E-state index in [1.165, 1.54) is 0 Å². The van der Waals surface area contributed by atoms with Crippen LogP contribution in [0.5, 0.6) is 0 Å². The molecule has 0 aromatic carbocycles. The van der Waals surface area contributed by atoms with E-state index in [4.69, 9.17) is 0 Å². The van der Waals surface area contributed by atoms with Gasteiger partial charge < -0.3 is 0 Å². The Bertz CT molecular complexity index is 422. The Labute approximate surface area is 112 Å². The average Bonchev–Trinajstić information content (AvgIpc) is 2.45. The van der Waals surface area contributed by atoms with Crippen molar-refractivity contribution in [1.29, 1.82) is 0 Å². The molecule has 0 amide bonds. The highest BCUT2D eigenvalue weighted by Crippen LogP contribution is 2.24. The number of carbonyl (C=O) groups is 1. The zero-order valence-corrected chi connectivity index (χ0v) is 13.1. The Morgan fingerprint density at radius 3 is 2.24 bits per heavy atom. The van der Waals surface area contributed by atoms with Gasteiger partial charge in [-0.05, 0) is 19.9 Å². The Morgan fingerprint density at radius 2 is 1.88 bits per heavy atom. The molecular weight excluding hydrogens is 280 g/mol. The first-order chi connectivity index (χ1) is 7.51. The fraction of sp³-hybridized carbons (Fsp3) is 0.692. The van der Waals surface area contributed by atoms with Crippen molar-refractivity contribution in [3.05, 3.63) is 17.5 Å². The summed E-state index contributed by atoms with van der Waals surface area (Å²) in [5, 5.41) is 4.47. The van der Waals surface area contributed by atoms with E-state index in [1.807, 2.05) is 27.0 Å². The van der Waals surface area contributed by atoms with Gasteiger partial charge >= 0.3 is 0 Å². The molecule has 0 unspecified atom stereocenters. The van der Waals surface area contributed by atoms with Crippen molar-refractivity contribution < 1.29 is 4.79 Å². The predicted molar refractivity (Wildman–Crippen MR) is 73.6 cm³/mol. The summed E-state index contributed by atoms with van der Waals surface area (Å²) < 4.78 is 1.33. The van der Waals surface area contributed by atoms with Gasteiger partial charge in [-0.15, -0.1) is 0 Å². The van der Waals surface area contributed by atoms with Crippen LogP contribution in [0.1, 0.15) is 46.0 Å². The van der Waals surface area contributed by atoms with Crippen LogP contribution in [0, 0.1) is 0 Å². The van der Waals surface area contributed by atoms with Gasteiger partial charge in [0.2, 0.25) is 0 Å². The molecule has 3 nitrogen and oxygen atoms in total. The van der Waals surface area contributed by atoms with E-state index in [1.54, 1.807) is 4.68 Å². The number of halogens is 1. The minimum atomic E-state index is -0.473. The Hall–Kier alpha value is -0.640. The maximum atomic E-state index is 12.0. The molecule has 0 saturated carbocycles. The molecule has 0 atom stereocenters. The lowest BCUT2D eigenvalue weighted by atomic mass is 9.92. The molecule has 0 radical (unpaired) electrons. The van der Waals surface area contributed by atoms with Crippen molar-refractivity contribution in [3.8, 4) is 0 Å². The van der Waals surface area contributed by atoms with Crippen LogP contribution in [0.4, 0.5) is 0 Å². The zero-order chi connectivity index (χ0) is 13.4. The summed E-state index contributed by atoms with van der Waals surface area (Å²) >= 11 is 3.39. The van der Waals surface area contributed by atoms with E-state index in [2.05, 4.69) is 41.8 Å². The molecule has 0 aliphatic carbocycles. The molecule has 1 aromatic rings. The van der Waals surface area contributed by atoms with Crippen LogP contribution in [0.25, 0.3) is 0 Å². The van der Waals surface area contributed by atoms with E-state index < -0.39 is 4.32 Å². The molecule has 0 aliphatic rings. The summed E-state index contributed by atoms with van der Waals surface area (Å²) in [5.41, 5.74) is 2.01. The van der Waals surface area contributed by atoms with Gasteiger partial charge in [-0.1, -0.05) is 36.7 Å². The van der Waals surface area contributed by atoms with Crippen molar-refractivity contribution in [1.82, 2.24) is 9.78 Å². The molecule has 0 N–H and O–H groups in total. The summed E-state index contributed by atoms with van der Waals surface area (Å²) in [6.07, 6.45) is 0.415. The lowest BCUT2D eigenvalue weighted by molar-refractivity contribution is -0.119. The highest BCUT2D eigenvalue weighted by atomic mass is 79.9. The Balaban J connectivity index is 2.94. The minimum absolute atomic E-state index is 0.0168. The number of aryl methyl sites for hydroxylation is 1. The van der Waals surface area contributed by atoms with E-state index in [-0.39, 0.29) is 11.2 Å². The number of rotatable bonds is 3. The fourth-order valence-corrected chi connectivity index (χ4v) is 1.55. The number of alkyl halides is 1. The predicted octanol–water partition coefficient (Wildman–Crippen LogP) is 3.00. The lowest BCUT2D eigenvalue weighted by Crippen LogP contribution is -2.26. The number of nitrogens with zero attached hydrogens (tertiary/aromatic N) is 2. The molecular formula is C13H21BrN2O. The minimum Gasteiger partial charge on any atom is -0.298 e. The van der Waals surface area contributed by atoms with Crippen LogP contribution in [0.15, 0.2) is 6.07 Å². The molecule has 4 heteroatoms. The first-order valence-electron chi connectivity index (χ1n) is 5.77.